The molecule has 2 aromatic rings. The van der Waals surface area contributed by atoms with Gasteiger partial charge in [0.1, 0.15) is 5.82 Å². The number of aliphatic hydroxyl groups is 1. The Kier molecular flexibility index (Phi) is 3.83. The number of ketones is 1. The summed E-state index contributed by atoms with van der Waals surface area (Å²) < 4.78 is 13.5. The fourth-order valence-electron chi connectivity index (χ4n) is 2.64. The number of aliphatic imine (C=N–C) groups is 1. The van der Waals surface area contributed by atoms with E-state index in [0.29, 0.717) is 28.0 Å². The van der Waals surface area contributed by atoms with Gasteiger partial charge in [0.25, 0.3) is 0 Å². The molecule has 112 valence electrons. The van der Waals surface area contributed by atoms with Crippen LogP contribution in [-0.2, 0) is 17.8 Å². The molecule has 1 heterocycles. The summed E-state index contributed by atoms with van der Waals surface area (Å²) in [5.74, 6) is -0.613. The van der Waals surface area contributed by atoms with Crippen LogP contribution in [0.4, 0.5) is 4.39 Å². The molecular formula is C17H15FN2O2. The minimum atomic E-state index is -0.989. The zero-order chi connectivity index (χ0) is 15.7. The molecule has 3 rings (SSSR count). The maximum atomic E-state index is 13.5. The number of carbonyl (C=O) groups excluding carboxylic acids is 1. The highest BCUT2D eigenvalue weighted by molar-refractivity contribution is 6.16. The predicted molar refractivity (Wildman–Crippen MR) is 81.1 cm³/mol. The average Bonchev–Trinajstić information content (AvgIpc) is 2.64. The average molecular weight is 298 g/mol. The summed E-state index contributed by atoms with van der Waals surface area (Å²) in [4.78, 5) is 16.4. The lowest BCUT2D eigenvalue weighted by Crippen LogP contribution is -2.29. The van der Waals surface area contributed by atoms with Crippen LogP contribution in [0, 0.1) is 5.82 Å². The van der Waals surface area contributed by atoms with Gasteiger partial charge >= 0.3 is 0 Å². The Morgan fingerprint density at radius 3 is 2.77 bits per heavy atom. The lowest BCUT2D eigenvalue weighted by Gasteiger charge is -2.12. The Morgan fingerprint density at radius 2 is 2.05 bits per heavy atom. The van der Waals surface area contributed by atoms with E-state index in [2.05, 4.69) is 4.99 Å². The first-order chi connectivity index (χ1) is 10.6. The molecular weight excluding hydrogens is 283 g/mol. The molecule has 2 aromatic carbocycles. The Labute approximate surface area is 127 Å². The van der Waals surface area contributed by atoms with Crippen molar-refractivity contribution in [3.05, 3.63) is 70.5 Å². The van der Waals surface area contributed by atoms with Crippen molar-refractivity contribution >= 4 is 11.5 Å². The summed E-state index contributed by atoms with van der Waals surface area (Å²) in [6.45, 7) is -0.178. The van der Waals surface area contributed by atoms with Crippen LogP contribution in [0.5, 0.6) is 0 Å². The highest BCUT2D eigenvalue weighted by atomic mass is 19.1. The van der Waals surface area contributed by atoms with Crippen molar-refractivity contribution in [3.63, 3.8) is 0 Å². The number of aliphatic hydroxyl groups excluding tert-OH is 1. The van der Waals surface area contributed by atoms with Gasteiger partial charge in [-0.05, 0) is 23.3 Å². The Balaban J connectivity index is 2.25. The van der Waals surface area contributed by atoms with Crippen molar-refractivity contribution in [3.8, 4) is 0 Å². The Morgan fingerprint density at radius 1 is 1.27 bits per heavy atom. The summed E-state index contributed by atoms with van der Waals surface area (Å²) in [6.07, 6.45) is -0.882. The first-order valence-electron chi connectivity index (χ1n) is 6.94. The van der Waals surface area contributed by atoms with Gasteiger partial charge in [-0.3, -0.25) is 9.79 Å². The van der Waals surface area contributed by atoms with Crippen molar-refractivity contribution in [2.75, 3.05) is 0 Å². The van der Waals surface area contributed by atoms with Crippen molar-refractivity contribution < 1.29 is 14.3 Å². The third-order valence-corrected chi connectivity index (χ3v) is 3.75. The number of Topliss-reactive ketones (excluding diaryl/α,β-unsaturated/α-hetero) is 1. The summed E-state index contributed by atoms with van der Waals surface area (Å²) in [7, 11) is 0. The van der Waals surface area contributed by atoms with Gasteiger partial charge in [0, 0.05) is 17.5 Å². The third-order valence-electron chi connectivity index (χ3n) is 3.75. The molecule has 0 radical (unpaired) electrons. The van der Waals surface area contributed by atoms with Gasteiger partial charge in [-0.15, -0.1) is 0 Å². The fourth-order valence-corrected chi connectivity index (χ4v) is 2.64. The molecule has 0 bridgehead atoms. The first-order valence-corrected chi connectivity index (χ1v) is 6.94. The van der Waals surface area contributed by atoms with Crippen molar-refractivity contribution in [1.29, 1.82) is 0 Å². The zero-order valence-electron chi connectivity index (χ0n) is 11.8. The zero-order valence-corrected chi connectivity index (χ0v) is 11.8. The maximum absolute atomic E-state index is 13.5. The number of rotatable bonds is 2. The number of benzene rings is 2. The summed E-state index contributed by atoms with van der Waals surface area (Å²) in [5, 5.41) is 9.50. The van der Waals surface area contributed by atoms with Gasteiger partial charge in [-0.2, -0.15) is 0 Å². The van der Waals surface area contributed by atoms with Crippen LogP contribution in [-0.4, -0.2) is 22.8 Å². The van der Waals surface area contributed by atoms with E-state index in [0.717, 1.165) is 0 Å². The van der Waals surface area contributed by atoms with Gasteiger partial charge in [0.15, 0.2) is 11.9 Å². The van der Waals surface area contributed by atoms with E-state index >= 15 is 0 Å². The Hall–Kier alpha value is -2.37. The molecule has 1 atom stereocenters. The molecule has 0 spiro atoms. The molecule has 1 aliphatic rings. The molecule has 1 aliphatic heterocycles. The fraction of sp³-hybridized carbons (Fsp3) is 0.176. The van der Waals surface area contributed by atoms with Crippen molar-refractivity contribution in [2.24, 2.45) is 10.7 Å². The van der Waals surface area contributed by atoms with Crippen LogP contribution < -0.4 is 5.73 Å². The highest BCUT2D eigenvalue weighted by Gasteiger charge is 2.25. The summed E-state index contributed by atoms with van der Waals surface area (Å²) in [5.41, 5.74) is 8.92. The molecule has 0 aliphatic carbocycles. The molecule has 1 unspecified atom stereocenters. The SMILES string of the molecule is NC1N=C(c2cccc(F)c2)c2cccc(CO)c2CC1=O. The van der Waals surface area contributed by atoms with E-state index in [4.69, 9.17) is 5.73 Å². The van der Waals surface area contributed by atoms with Crippen LogP contribution >= 0.6 is 0 Å². The number of nitrogens with two attached hydrogens (primary N) is 1. The van der Waals surface area contributed by atoms with Gasteiger partial charge in [-0.25, -0.2) is 4.39 Å². The van der Waals surface area contributed by atoms with Gasteiger partial charge < -0.3 is 10.8 Å². The van der Waals surface area contributed by atoms with Crippen LogP contribution in [0.2, 0.25) is 0 Å². The smallest absolute Gasteiger partial charge is 0.175 e. The first kappa shape index (κ1) is 14.6. The molecule has 0 amide bonds. The number of hydrogen-bond acceptors (Lipinski definition) is 4. The van der Waals surface area contributed by atoms with E-state index < -0.39 is 6.17 Å². The standard InChI is InChI=1S/C17H15FN2O2/c18-12-5-1-3-10(7-12)16-13-6-2-4-11(9-21)14(13)8-15(22)17(19)20-16/h1-7,17,21H,8-9,19H2. The molecule has 5 heteroatoms. The van der Waals surface area contributed by atoms with E-state index in [9.17, 15) is 14.3 Å². The molecule has 0 saturated heterocycles. The molecule has 0 saturated carbocycles. The van der Waals surface area contributed by atoms with Gasteiger partial charge in [0.05, 0.1) is 12.3 Å². The molecule has 0 aromatic heterocycles. The van der Waals surface area contributed by atoms with E-state index in [1.165, 1.54) is 12.1 Å². The van der Waals surface area contributed by atoms with Crippen LogP contribution in [0.25, 0.3) is 0 Å². The Bertz CT molecular complexity index is 771. The van der Waals surface area contributed by atoms with Gasteiger partial charge in [0.2, 0.25) is 0 Å². The normalized spacial score (nSPS) is 17.7. The molecule has 4 nitrogen and oxygen atoms in total. The molecule has 3 N–H and O–H groups in total. The number of hydrogen-bond donors (Lipinski definition) is 2. The van der Waals surface area contributed by atoms with Crippen LogP contribution in [0.15, 0.2) is 47.5 Å². The van der Waals surface area contributed by atoms with Crippen LogP contribution in [0.3, 0.4) is 0 Å². The molecule has 0 fully saturated rings. The third kappa shape index (κ3) is 2.56. The number of nitrogens with zero attached hydrogens (tertiary/aromatic N) is 1. The predicted octanol–water partition coefficient (Wildman–Crippen LogP) is 1.57. The quantitative estimate of drug-likeness (QED) is 0.883. The lowest BCUT2D eigenvalue weighted by atomic mass is 9.92. The summed E-state index contributed by atoms with van der Waals surface area (Å²) >= 11 is 0. The highest BCUT2D eigenvalue weighted by Crippen LogP contribution is 2.24. The monoisotopic (exact) mass is 298 g/mol. The second kappa shape index (κ2) is 5.79. The second-order valence-corrected chi connectivity index (χ2v) is 5.18. The number of carbonyl (C=O) groups is 1. The lowest BCUT2D eigenvalue weighted by molar-refractivity contribution is -0.119. The van der Waals surface area contributed by atoms with Gasteiger partial charge in [-0.1, -0.05) is 30.3 Å². The summed E-state index contributed by atoms with van der Waals surface area (Å²) in [6, 6.07) is 11.4. The topological polar surface area (TPSA) is 75.7 Å². The molecule has 22 heavy (non-hydrogen) atoms. The van der Waals surface area contributed by atoms with Crippen molar-refractivity contribution in [2.45, 2.75) is 19.2 Å². The second-order valence-electron chi connectivity index (χ2n) is 5.18. The largest absolute Gasteiger partial charge is 0.392 e. The van der Waals surface area contributed by atoms with Crippen LogP contribution in [0.1, 0.15) is 22.3 Å². The minimum Gasteiger partial charge on any atom is -0.392 e. The maximum Gasteiger partial charge on any atom is 0.175 e. The van der Waals surface area contributed by atoms with E-state index in [1.54, 1.807) is 24.3 Å². The number of fused-ring (bicyclic) bond motifs is 1. The van der Waals surface area contributed by atoms with E-state index in [-0.39, 0.29) is 24.6 Å². The minimum absolute atomic E-state index is 0.107. The van der Waals surface area contributed by atoms with E-state index in [1.807, 2.05) is 6.07 Å². The van der Waals surface area contributed by atoms with Crippen molar-refractivity contribution in [1.82, 2.24) is 0 Å². The number of halogens is 1.